The first kappa shape index (κ1) is 9.09. The molecule has 1 heterocycles. The third-order valence-electron chi connectivity index (χ3n) is 2.70. The molecule has 0 spiro atoms. The van der Waals surface area contributed by atoms with Crippen molar-refractivity contribution in [2.75, 3.05) is 5.73 Å². The van der Waals surface area contributed by atoms with Gasteiger partial charge in [0.15, 0.2) is 0 Å². The Bertz CT molecular complexity index is 692. The van der Waals surface area contributed by atoms with Crippen LogP contribution in [0.25, 0.3) is 21.7 Å². The number of pyridine rings is 1. The molecule has 2 nitrogen and oxygen atoms in total. The number of hydrogen-bond donors (Lipinski definition) is 1. The summed E-state index contributed by atoms with van der Waals surface area (Å²) < 4.78 is 13.8. The number of hydrogen-bond acceptors (Lipinski definition) is 2. The predicted molar refractivity (Wildman–Crippen MR) is 63.6 cm³/mol. The molecule has 3 aromatic rings. The van der Waals surface area contributed by atoms with E-state index in [0.29, 0.717) is 16.7 Å². The van der Waals surface area contributed by atoms with Gasteiger partial charge in [0.25, 0.3) is 0 Å². The highest BCUT2D eigenvalue weighted by atomic mass is 19.1. The van der Waals surface area contributed by atoms with Crippen molar-refractivity contribution in [3.05, 3.63) is 48.3 Å². The van der Waals surface area contributed by atoms with Crippen molar-refractivity contribution in [2.45, 2.75) is 0 Å². The zero-order chi connectivity index (χ0) is 11.1. The van der Waals surface area contributed by atoms with E-state index in [1.807, 2.05) is 24.3 Å². The molecule has 3 heteroatoms. The minimum atomic E-state index is -0.263. The van der Waals surface area contributed by atoms with E-state index in [9.17, 15) is 4.39 Å². The standard InChI is InChI=1S/C13H9FN2/c14-10-6-3-7-11-12(10)8-4-1-2-5-9(8)13(15)16-11/h1-7H,(H2,15,16). The summed E-state index contributed by atoms with van der Waals surface area (Å²) in [6.45, 7) is 0. The molecule has 0 saturated carbocycles. The lowest BCUT2D eigenvalue weighted by Gasteiger charge is -2.06. The summed E-state index contributed by atoms with van der Waals surface area (Å²) >= 11 is 0. The average molecular weight is 212 g/mol. The van der Waals surface area contributed by atoms with E-state index in [2.05, 4.69) is 4.98 Å². The van der Waals surface area contributed by atoms with Gasteiger partial charge in [-0.1, -0.05) is 30.3 Å². The maximum Gasteiger partial charge on any atom is 0.133 e. The van der Waals surface area contributed by atoms with Crippen molar-refractivity contribution < 1.29 is 4.39 Å². The topological polar surface area (TPSA) is 38.9 Å². The van der Waals surface area contributed by atoms with Gasteiger partial charge in [-0.25, -0.2) is 9.37 Å². The molecule has 0 unspecified atom stereocenters. The Balaban J connectivity index is 2.67. The Hall–Kier alpha value is -2.16. The molecule has 0 bridgehead atoms. The first-order valence-corrected chi connectivity index (χ1v) is 5.00. The maximum absolute atomic E-state index is 13.8. The SMILES string of the molecule is Nc1nc2cccc(F)c2c2ccccc12. The van der Waals surface area contributed by atoms with E-state index >= 15 is 0 Å². The summed E-state index contributed by atoms with van der Waals surface area (Å²) in [6, 6.07) is 12.3. The van der Waals surface area contributed by atoms with Crippen molar-refractivity contribution >= 4 is 27.5 Å². The molecule has 16 heavy (non-hydrogen) atoms. The fourth-order valence-corrected chi connectivity index (χ4v) is 1.99. The smallest absolute Gasteiger partial charge is 0.133 e. The largest absolute Gasteiger partial charge is 0.383 e. The number of benzene rings is 2. The summed E-state index contributed by atoms with van der Waals surface area (Å²) in [6.07, 6.45) is 0. The number of aromatic nitrogens is 1. The molecule has 3 rings (SSSR count). The van der Waals surface area contributed by atoms with Crippen LogP contribution in [-0.2, 0) is 0 Å². The Kier molecular flexibility index (Phi) is 1.80. The van der Waals surface area contributed by atoms with Gasteiger partial charge in [-0.15, -0.1) is 0 Å². The minimum absolute atomic E-state index is 0.263. The molecular formula is C13H9FN2. The van der Waals surface area contributed by atoms with E-state index in [1.165, 1.54) is 6.07 Å². The van der Waals surface area contributed by atoms with Gasteiger partial charge >= 0.3 is 0 Å². The summed E-state index contributed by atoms with van der Waals surface area (Å²) in [7, 11) is 0. The highest BCUT2D eigenvalue weighted by molar-refractivity contribution is 6.09. The van der Waals surface area contributed by atoms with Gasteiger partial charge in [-0.2, -0.15) is 0 Å². The number of halogens is 1. The lowest BCUT2D eigenvalue weighted by atomic mass is 10.1. The van der Waals surface area contributed by atoms with Crippen LogP contribution in [0.1, 0.15) is 0 Å². The first-order valence-electron chi connectivity index (χ1n) is 5.00. The Morgan fingerprint density at radius 1 is 0.938 bits per heavy atom. The summed E-state index contributed by atoms with van der Waals surface area (Å²) in [5, 5.41) is 2.13. The lowest BCUT2D eigenvalue weighted by Crippen LogP contribution is -1.94. The van der Waals surface area contributed by atoms with Gasteiger partial charge in [0.05, 0.1) is 5.52 Å². The monoisotopic (exact) mass is 212 g/mol. The fraction of sp³-hybridized carbons (Fsp3) is 0. The zero-order valence-electron chi connectivity index (χ0n) is 8.44. The molecule has 0 aliphatic rings. The number of fused-ring (bicyclic) bond motifs is 3. The van der Waals surface area contributed by atoms with Gasteiger partial charge < -0.3 is 5.73 Å². The minimum Gasteiger partial charge on any atom is -0.383 e. The van der Waals surface area contributed by atoms with E-state index in [-0.39, 0.29) is 5.82 Å². The van der Waals surface area contributed by atoms with Crippen molar-refractivity contribution in [1.82, 2.24) is 4.98 Å². The molecule has 0 saturated heterocycles. The Morgan fingerprint density at radius 2 is 1.69 bits per heavy atom. The number of rotatable bonds is 0. The van der Waals surface area contributed by atoms with Gasteiger partial charge in [-0.05, 0) is 17.5 Å². The van der Waals surface area contributed by atoms with Crippen LogP contribution < -0.4 is 5.73 Å². The second kappa shape index (κ2) is 3.17. The summed E-state index contributed by atoms with van der Waals surface area (Å²) in [5.41, 5.74) is 6.43. The van der Waals surface area contributed by atoms with Gasteiger partial charge in [0, 0.05) is 10.8 Å². The average Bonchev–Trinajstić information content (AvgIpc) is 2.29. The molecular weight excluding hydrogens is 203 g/mol. The Labute approximate surface area is 91.5 Å². The normalized spacial score (nSPS) is 11.1. The second-order valence-electron chi connectivity index (χ2n) is 3.68. The van der Waals surface area contributed by atoms with Crippen molar-refractivity contribution in [3.63, 3.8) is 0 Å². The highest BCUT2D eigenvalue weighted by Crippen LogP contribution is 2.29. The Morgan fingerprint density at radius 3 is 2.50 bits per heavy atom. The molecule has 2 N–H and O–H groups in total. The number of nitrogens with zero attached hydrogens (tertiary/aromatic N) is 1. The van der Waals surface area contributed by atoms with Crippen LogP contribution >= 0.6 is 0 Å². The van der Waals surface area contributed by atoms with Crippen LogP contribution in [0.15, 0.2) is 42.5 Å². The molecule has 2 aromatic carbocycles. The number of anilines is 1. The van der Waals surface area contributed by atoms with Crippen molar-refractivity contribution in [1.29, 1.82) is 0 Å². The highest BCUT2D eigenvalue weighted by Gasteiger charge is 2.08. The van der Waals surface area contributed by atoms with Crippen LogP contribution in [0.3, 0.4) is 0 Å². The van der Waals surface area contributed by atoms with Gasteiger partial charge in [-0.3, -0.25) is 0 Å². The molecule has 0 amide bonds. The molecule has 0 aliphatic heterocycles. The molecule has 0 fully saturated rings. The van der Waals surface area contributed by atoms with E-state index in [4.69, 9.17) is 5.73 Å². The molecule has 0 atom stereocenters. The van der Waals surface area contributed by atoms with Crippen LogP contribution in [0.4, 0.5) is 10.2 Å². The van der Waals surface area contributed by atoms with E-state index in [0.717, 1.165) is 10.8 Å². The fourth-order valence-electron chi connectivity index (χ4n) is 1.99. The number of nitrogens with two attached hydrogens (primary N) is 1. The zero-order valence-corrected chi connectivity index (χ0v) is 8.44. The second-order valence-corrected chi connectivity index (χ2v) is 3.68. The molecule has 78 valence electrons. The van der Waals surface area contributed by atoms with E-state index < -0.39 is 0 Å². The van der Waals surface area contributed by atoms with Crippen LogP contribution in [0, 0.1) is 5.82 Å². The first-order chi connectivity index (χ1) is 7.77. The summed E-state index contributed by atoms with van der Waals surface area (Å²) in [5.74, 6) is 0.176. The van der Waals surface area contributed by atoms with Crippen LogP contribution in [-0.4, -0.2) is 4.98 Å². The van der Waals surface area contributed by atoms with Gasteiger partial charge in [0.1, 0.15) is 11.6 Å². The maximum atomic E-state index is 13.8. The lowest BCUT2D eigenvalue weighted by molar-refractivity contribution is 0.640. The van der Waals surface area contributed by atoms with Crippen LogP contribution in [0.5, 0.6) is 0 Å². The molecule has 0 aliphatic carbocycles. The summed E-state index contributed by atoms with van der Waals surface area (Å²) in [4.78, 5) is 4.20. The van der Waals surface area contributed by atoms with Crippen LogP contribution in [0.2, 0.25) is 0 Å². The van der Waals surface area contributed by atoms with E-state index in [1.54, 1.807) is 12.1 Å². The number of nitrogen functional groups attached to an aromatic ring is 1. The van der Waals surface area contributed by atoms with Crippen molar-refractivity contribution in [2.24, 2.45) is 0 Å². The third kappa shape index (κ3) is 1.15. The molecule has 0 radical (unpaired) electrons. The predicted octanol–water partition coefficient (Wildman–Crippen LogP) is 3.11. The quantitative estimate of drug-likeness (QED) is 0.581. The van der Waals surface area contributed by atoms with Gasteiger partial charge in [0.2, 0.25) is 0 Å². The molecule has 1 aromatic heterocycles. The van der Waals surface area contributed by atoms with Crippen molar-refractivity contribution in [3.8, 4) is 0 Å². The third-order valence-corrected chi connectivity index (χ3v) is 2.70.